The molecule has 246 valence electrons. The highest BCUT2D eigenvalue weighted by molar-refractivity contribution is 7.92. The van der Waals surface area contributed by atoms with Gasteiger partial charge in [-0.15, -0.1) is 0 Å². The summed E-state index contributed by atoms with van der Waals surface area (Å²) in [5.41, 5.74) is 1.67. The number of amides is 1. The quantitative estimate of drug-likeness (QED) is 0.170. The maximum atomic E-state index is 14.6. The van der Waals surface area contributed by atoms with Gasteiger partial charge < -0.3 is 9.64 Å². The number of fused-ring (bicyclic) bond motifs is 1. The summed E-state index contributed by atoms with van der Waals surface area (Å²) < 4.78 is 79.0. The fraction of sp³-hybridized carbons (Fsp3) is 0.162. The number of rotatable bonds is 9. The summed E-state index contributed by atoms with van der Waals surface area (Å²) in [6.07, 6.45) is -5.98. The molecule has 1 amide bonds. The second-order valence-electron chi connectivity index (χ2n) is 11.3. The molecule has 7 nitrogen and oxygen atoms in total. The maximum Gasteiger partial charge on any atom is 0.416 e. The number of sulfonamides is 1. The lowest BCUT2D eigenvalue weighted by Gasteiger charge is -2.46. The van der Waals surface area contributed by atoms with Crippen LogP contribution in [0.15, 0.2) is 126 Å². The van der Waals surface area contributed by atoms with Crippen LogP contribution in [0.5, 0.6) is 5.75 Å². The summed E-state index contributed by atoms with van der Waals surface area (Å²) in [6, 6.07) is 31.8. The van der Waals surface area contributed by atoms with E-state index in [0.717, 1.165) is 17.2 Å². The number of anilines is 3. The Hall–Kier alpha value is -5.29. The van der Waals surface area contributed by atoms with Crippen molar-refractivity contribution in [3.63, 3.8) is 0 Å². The van der Waals surface area contributed by atoms with Crippen LogP contribution >= 0.6 is 0 Å². The molecule has 1 heterocycles. The first-order valence-corrected chi connectivity index (χ1v) is 16.7. The number of hydrogen-bond donors (Lipinski definition) is 1. The Bertz CT molecular complexity index is 2040. The van der Waals surface area contributed by atoms with Gasteiger partial charge in [-0.25, -0.2) is 8.42 Å². The maximum absolute atomic E-state index is 14.6. The number of alkyl halides is 3. The van der Waals surface area contributed by atoms with E-state index in [1.807, 2.05) is 44.2 Å². The van der Waals surface area contributed by atoms with Crippen molar-refractivity contribution < 1.29 is 31.1 Å². The topological polar surface area (TPSA) is 78.9 Å². The molecule has 0 saturated carbocycles. The number of carbonyl (C=O) groups is 1. The van der Waals surface area contributed by atoms with E-state index in [1.165, 1.54) is 41.3 Å². The minimum absolute atomic E-state index is 0.0207. The Balaban J connectivity index is 1.56. The summed E-state index contributed by atoms with van der Waals surface area (Å²) in [4.78, 5) is 17.4. The van der Waals surface area contributed by atoms with Crippen LogP contribution in [0.3, 0.4) is 0 Å². The predicted octanol–water partition coefficient (Wildman–Crippen LogP) is 8.58. The number of hydrogen-bond acceptors (Lipinski definition) is 5. The van der Waals surface area contributed by atoms with E-state index in [-0.39, 0.29) is 22.6 Å². The third-order valence-electron chi connectivity index (χ3n) is 8.05. The monoisotopic (exact) mass is 671 g/mol. The SMILES string of the molecule is CCOc1ccc(N2C(=O)c3cc(S(=O)(=O)Nc4ccc(C)cc4)ccc3N(Cc3ccccc3)[C@H]2c2ccccc2C(F)(F)F)cc1. The summed E-state index contributed by atoms with van der Waals surface area (Å²) in [6.45, 7) is 4.21. The average Bonchev–Trinajstić information content (AvgIpc) is 3.07. The van der Waals surface area contributed by atoms with Crippen LogP contribution in [0, 0.1) is 6.92 Å². The van der Waals surface area contributed by atoms with E-state index in [2.05, 4.69) is 4.72 Å². The van der Waals surface area contributed by atoms with Crippen LogP contribution in [0.25, 0.3) is 0 Å². The lowest BCUT2D eigenvalue weighted by molar-refractivity contribution is -0.138. The summed E-state index contributed by atoms with van der Waals surface area (Å²) in [7, 11) is -4.15. The molecule has 1 atom stereocenters. The van der Waals surface area contributed by atoms with Gasteiger partial charge >= 0.3 is 6.18 Å². The van der Waals surface area contributed by atoms with Gasteiger partial charge in [0.1, 0.15) is 11.9 Å². The molecule has 0 unspecified atom stereocenters. The van der Waals surface area contributed by atoms with E-state index >= 15 is 0 Å². The largest absolute Gasteiger partial charge is 0.494 e. The Labute approximate surface area is 277 Å². The molecule has 1 N–H and O–H groups in total. The molecule has 0 radical (unpaired) electrons. The molecule has 5 aromatic rings. The van der Waals surface area contributed by atoms with Crippen molar-refractivity contribution in [2.45, 2.75) is 37.6 Å². The molecule has 1 aliphatic rings. The average molecular weight is 672 g/mol. The van der Waals surface area contributed by atoms with Gasteiger partial charge in [0.05, 0.1) is 28.3 Å². The molecule has 5 aromatic carbocycles. The van der Waals surface area contributed by atoms with Gasteiger partial charge in [0.2, 0.25) is 0 Å². The number of benzene rings is 5. The van der Waals surface area contributed by atoms with E-state index in [0.29, 0.717) is 29.4 Å². The number of halogens is 3. The number of nitrogens with zero attached hydrogens (tertiary/aromatic N) is 2. The molecule has 48 heavy (non-hydrogen) atoms. The Morgan fingerprint density at radius 2 is 1.50 bits per heavy atom. The van der Waals surface area contributed by atoms with Crippen molar-refractivity contribution in [3.8, 4) is 5.75 Å². The summed E-state index contributed by atoms with van der Waals surface area (Å²) in [5.74, 6) is -0.136. The zero-order valence-electron chi connectivity index (χ0n) is 26.1. The zero-order valence-corrected chi connectivity index (χ0v) is 26.9. The number of aryl methyl sites for hydroxylation is 1. The second-order valence-corrected chi connectivity index (χ2v) is 13.0. The highest BCUT2D eigenvalue weighted by atomic mass is 32.2. The lowest BCUT2D eigenvalue weighted by atomic mass is 9.96. The third kappa shape index (κ3) is 6.59. The third-order valence-corrected chi connectivity index (χ3v) is 9.43. The van der Waals surface area contributed by atoms with Gasteiger partial charge in [0, 0.05) is 23.5 Å². The molecule has 11 heteroatoms. The van der Waals surface area contributed by atoms with Crippen molar-refractivity contribution in [2.75, 3.05) is 21.1 Å². The van der Waals surface area contributed by atoms with Crippen LogP contribution in [0.1, 0.15) is 45.7 Å². The minimum Gasteiger partial charge on any atom is -0.494 e. The first kappa shape index (κ1) is 32.6. The van der Waals surface area contributed by atoms with Crippen molar-refractivity contribution in [1.82, 2.24) is 0 Å². The standard InChI is InChI=1S/C37H32F3N3O4S/c1-3-47-29-19-17-28(18-20-29)43-35(31-11-7-8-12-33(31)37(38,39)40)42(24-26-9-5-4-6-10-26)34-22-21-30(23-32(34)36(43)44)48(45,46)41-27-15-13-25(2)14-16-27/h4-23,35,41H,3,24H2,1-2H3/t35-/m1/s1. The molecule has 1 aliphatic heterocycles. The molecule has 0 fully saturated rings. The first-order chi connectivity index (χ1) is 23.0. The van der Waals surface area contributed by atoms with Gasteiger partial charge in [-0.05, 0) is 80.1 Å². The first-order valence-electron chi connectivity index (χ1n) is 15.2. The predicted molar refractivity (Wildman–Crippen MR) is 180 cm³/mol. The summed E-state index contributed by atoms with van der Waals surface area (Å²) in [5, 5.41) is 0. The Morgan fingerprint density at radius 1 is 0.833 bits per heavy atom. The molecule has 0 aromatic heterocycles. The van der Waals surface area contributed by atoms with Crippen LogP contribution < -0.4 is 19.3 Å². The van der Waals surface area contributed by atoms with Crippen molar-refractivity contribution >= 4 is 33.0 Å². The van der Waals surface area contributed by atoms with E-state index in [1.54, 1.807) is 53.4 Å². The normalized spacial score (nSPS) is 14.9. The number of carbonyl (C=O) groups excluding carboxylic acids is 1. The van der Waals surface area contributed by atoms with Crippen LogP contribution in [-0.4, -0.2) is 20.9 Å². The van der Waals surface area contributed by atoms with Gasteiger partial charge in [-0.2, -0.15) is 13.2 Å². The van der Waals surface area contributed by atoms with Crippen molar-refractivity contribution in [2.24, 2.45) is 0 Å². The van der Waals surface area contributed by atoms with Gasteiger partial charge in [-0.1, -0.05) is 66.2 Å². The fourth-order valence-electron chi connectivity index (χ4n) is 5.82. The molecular weight excluding hydrogens is 639 g/mol. The van der Waals surface area contributed by atoms with Crippen LogP contribution in [0.2, 0.25) is 0 Å². The summed E-state index contributed by atoms with van der Waals surface area (Å²) >= 11 is 0. The Kier molecular flexibility index (Phi) is 8.89. The van der Waals surface area contributed by atoms with Gasteiger partial charge in [0.15, 0.2) is 0 Å². The van der Waals surface area contributed by atoms with Crippen molar-refractivity contribution in [1.29, 1.82) is 0 Å². The smallest absolute Gasteiger partial charge is 0.416 e. The molecular formula is C37H32F3N3O4S. The Morgan fingerprint density at radius 3 is 2.17 bits per heavy atom. The molecule has 0 saturated heterocycles. The highest BCUT2D eigenvalue weighted by Crippen LogP contribution is 2.46. The van der Waals surface area contributed by atoms with Crippen molar-refractivity contribution in [3.05, 3.63) is 149 Å². The van der Waals surface area contributed by atoms with E-state index < -0.39 is 33.8 Å². The zero-order chi connectivity index (χ0) is 34.1. The molecule has 0 bridgehead atoms. The molecule has 6 rings (SSSR count). The van der Waals surface area contributed by atoms with Crippen LogP contribution in [0.4, 0.5) is 30.2 Å². The highest BCUT2D eigenvalue weighted by Gasteiger charge is 2.44. The van der Waals surface area contributed by atoms with E-state index in [9.17, 15) is 26.4 Å². The van der Waals surface area contributed by atoms with Crippen LogP contribution in [-0.2, 0) is 22.7 Å². The second kappa shape index (κ2) is 13.1. The van der Waals surface area contributed by atoms with E-state index in [4.69, 9.17) is 4.74 Å². The van der Waals surface area contributed by atoms with Gasteiger partial charge in [-0.3, -0.25) is 14.4 Å². The lowest BCUT2D eigenvalue weighted by Crippen LogP contribution is -2.50. The molecule has 0 spiro atoms. The van der Waals surface area contributed by atoms with Gasteiger partial charge in [0.25, 0.3) is 15.9 Å². The molecule has 0 aliphatic carbocycles. The number of ether oxygens (including phenoxy) is 1. The fourth-order valence-corrected chi connectivity index (χ4v) is 6.90. The number of nitrogens with one attached hydrogen (secondary N) is 1. The minimum atomic E-state index is -4.72.